The number of hydrogen-bond donors (Lipinski definition) is 2. The van der Waals surface area contributed by atoms with E-state index in [1.165, 1.54) is 10.3 Å². The third kappa shape index (κ3) is 1.78. The first-order valence-corrected chi connectivity index (χ1v) is 6.24. The van der Waals surface area contributed by atoms with Gasteiger partial charge in [-0.25, -0.2) is 4.79 Å². The number of nitrogens with one attached hydrogen (secondary N) is 1. The maximum Gasteiger partial charge on any atom is 0.356 e. The van der Waals surface area contributed by atoms with Crippen LogP contribution in [0.3, 0.4) is 0 Å². The minimum atomic E-state index is -1.02. The molecule has 0 bridgehead atoms. The number of benzene rings is 1. The van der Waals surface area contributed by atoms with Gasteiger partial charge in [-0.2, -0.15) is 5.10 Å². The smallest absolute Gasteiger partial charge is 0.356 e. The summed E-state index contributed by atoms with van der Waals surface area (Å²) in [6.07, 6.45) is 0. The zero-order chi connectivity index (χ0) is 12.7. The number of H-pyrrole nitrogens is 1. The average Bonchev–Trinajstić information content (AvgIpc) is 2.93. The van der Waals surface area contributed by atoms with Gasteiger partial charge in [-0.15, -0.1) is 11.3 Å². The predicted molar refractivity (Wildman–Crippen MR) is 71.1 cm³/mol. The molecule has 0 radical (unpaired) electrons. The number of carbonyl (C=O) groups is 1. The quantitative estimate of drug-likeness (QED) is 0.741. The molecule has 3 rings (SSSR count). The number of carboxylic acids is 1. The number of aromatic carboxylic acids is 1. The second-order valence-electron chi connectivity index (χ2n) is 4.12. The zero-order valence-corrected chi connectivity index (χ0v) is 10.4. The summed E-state index contributed by atoms with van der Waals surface area (Å²) >= 11 is 1.63. The number of carboxylic acid groups (broad SMARTS) is 1. The molecular formula is C13H10N2O2S. The highest BCUT2D eigenvalue weighted by Gasteiger charge is 2.11. The predicted octanol–water partition coefficient (Wildman–Crippen LogP) is 3.30. The van der Waals surface area contributed by atoms with Gasteiger partial charge in [-0.05, 0) is 36.1 Å². The van der Waals surface area contributed by atoms with Gasteiger partial charge < -0.3 is 5.11 Å². The third-order valence-electron chi connectivity index (χ3n) is 2.74. The Bertz CT molecular complexity index is 742. The van der Waals surface area contributed by atoms with E-state index in [1.807, 2.05) is 6.07 Å². The van der Waals surface area contributed by atoms with Crippen LogP contribution in [0, 0.1) is 6.92 Å². The normalized spacial score (nSPS) is 10.9. The monoisotopic (exact) mass is 258 g/mol. The Morgan fingerprint density at radius 2 is 2.17 bits per heavy atom. The number of fused-ring (bicyclic) bond motifs is 1. The molecule has 2 heterocycles. The van der Waals surface area contributed by atoms with Crippen molar-refractivity contribution in [1.82, 2.24) is 10.2 Å². The van der Waals surface area contributed by atoms with E-state index in [2.05, 4.69) is 35.3 Å². The van der Waals surface area contributed by atoms with Crippen LogP contribution in [0.15, 0.2) is 30.3 Å². The Kier molecular flexibility index (Phi) is 2.41. The van der Waals surface area contributed by atoms with Crippen LogP contribution in [-0.4, -0.2) is 21.3 Å². The van der Waals surface area contributed by atoms with Gasteiger partial charge in [0.1, 0.15) is 0 Å². The first kappa shape index (κ1) is 11.0. The summed E-state index contributed by atoms with van der Waals surface area (Å²) in [5.74, 6) is -1.02. The van der Waals surface area contributed by atoms with Crippen molar-refractivity contribution in [2.45, 2.75) is 6.92 Å². The van der Waals surface area contributed by atoms with E-state index < -0.39 is 5.97 Å². The molecule has 0 amide bonds. The molecule has 4 nitrogen and oxygen atoms in total. The van der Waals surface area contributed by atoms with Crippen molar-refractivity contribution in [3.05, 3.63) is 41.6 Å². The molecule has 18 heavy (non-hydrogen) atoms. The third-order valence-corrected chi connectivity index (χ3v) is 3.87. The first-order valence-electron chi connectivity index (χ1n) is 5.43. The van der Waals surface area contributed by atoms with Crippen molar-refractivity contribution in [1.29, 1.82) is 0 Å². The minimum absolute atomic E-state index is 0.0404. The van der Waals surface area contributed by atoms with Gasteiger partial charge in [0.15, 0.2) is 5.69 Å². The summed E-state index contributed by atoms with van der Waals surface area (Å²) in [4.78, 5) is 11.8. The molecule has 2 aromatic heterocycles. The van der Waals surface area contributed by atoms with E-state index >= 15 is 0 Å². The van der Waals surface area contributed by atoms with E-state index in [0.717, 1.165) is 16.0 Å². The zero-order valence-electron chi connectivity index (χ0n) is 9.60. The summed E-state index contributed by atoms with van der Waals surface area (Å²) in [5.41, 5.74) is 2.00. The van der Waals surface area contributed by atoms with Crippen LogP contribution >= 0.6 is 11.3 Å². The maximum atomic E-state index is 10.8. The number of thiophene rings is 1. The van der Waals surface area contributed by atoms with Gasteiger partial charge in [0.25, 0.3) is 0 Å². The molecule has 0 spiro atoms. The Morgan fingerprint density at radius 1 is 1.33 bits per heavy atom. The lowest BCUT2D eigenvalue weighted by molar-refractivity contribution is 0.0690. The van der Waals surface area contributed by atoms with E-state index in [1.54, 1.807) is 17.4 Å². The van der Waals surface area contributed by atoms with Crippen LogP contribution in [0.5, 0.6) is 0 Å². The lowest BCUT2D eigenvalue weighted by Gasteiger charge is -1.89. The van der Waals surface area contributed by atoms with E-state index in [4.69, 9.17) is 5.11 Å². The fraction of sp³-hybridized carbons (Fsp3) is 0.0769. The highest BCUT2D eigenvalue weighted by Crippen LogP contribution is 2.33. The maximum absolute atomic E-state index is 10.8. The fourth-order valence-electron chi connectivity index (χ4n) is 1.83. The van der Waals surface area contributed by atoms with Crippen molar-refractivity contribution < 1.29 is 9.90 Å². The molecule has 2 N–H and O–H groups in total. The summed E-state index contributed by atoms with van der Waals surface area (Å²) in [6.45, 7) is 2.05. The molecule has 0 saturated heterocycles. The molecular weight excluding hydrogens is 248 g/mol. The molecule has 0 saturated carbocycles. The lowest BCUT2D eigenvalue weighted by Crippen LogP contribution is -1.95. The summed E-state index contributed by atoms with van der Waals surface area (Å²) in [6, 6.07) is 9.85. The Labute approximate surface area is 107 Å². The molecule has 0 aliphatic rings. The second kappa shape index (κ2) is 3.96. The van der Waals surface area contributed by atoms with Crippen LogP contribution in [0.2, 0.25) is 0 Å². The largest absolute Gasteiger partial charge is 0.476 e. The van der Waals surface area contributed by atoms with E-state index in [9.17, 15) is 4.79 Å². The number of hydrogen-bond acceptors (Lipinski definition) is 3. The second-order valence-corrected chi connectivity index (χ2v) is 5.21. The highest BCUT2D eigenvalue weighted by atomic mass is 32.1. The molecule has 90 valence electrons. The van der Waals surface area contributed by atoms with Crippen LogP contribution in [0.4, 0.5) is 0 Å². The van der Waals surface area contributed by atoms with Gasteiger partial charge >= 0.3 is 5.97 Å². The van der Waals surface area contributed by atoms with Gasteiger partial charge in [-0.1, -0.05) is 12.1 Å². The van der Waals surface area contributed by atoms with Crippen molar-refractivity contribution >= 4 is 27.4 Å². The Balaban J connectivity index is 2.10. The average molecular weight is 258 g/mol. The summed E-state index contributed by atoms with van der Waals surface area (Å²) < 4.78 is 1.19. The lowest BCUT2D eigenvalue weighted by atomic mass is 10.2. The summed E-state index contributed by atoms with van der Waals surface area (Å²) in [5, 5.41) is 16.5. The van der Waals surface area contributed by atoms with Gasteiger partial charge in [0.2, 0.25) is 0 Å². The van der Waals surface area contributed by atoms with Crippen LogP contribution in [-0.2, 0) is 0 Å². The highest BCUT2D eigenvalue weighted by molar-refractivity contribution is 7.22. The van der Waals surface area contributed by atoms with Crippen molar-refractivity contribution in [2.24, 2.45) is 0 Å². The SMILES string of the molecule is Cc1ccc2cc(-c3cc(C(=O)O)n[nH]3)sc2c1. The number of aryl methyl sites for hydroxylation is 1. The number of nitrogens with zero attached hydrogens (tertiary/aromatic N) is 1. The molecule has 0 atom stereocenters. The van der Waals surface area contributed by atoms with Gasteiger partial charge in [-0.3, -0.25) is 5.10 Å². The summed E-state index contributed by atoms with van der Waals surface area (Å²) in [7, 11) is 0. The molecule has 5 heteroatoms. The number of rotatable bonds is 2. The Morgan fingerprint density at radius 3 is 2.89 bits per heavy atom. The standard InChI is InChI=1S/C13H10N2O2S/c1-7-2-3-8-5-12(18-11(8)4-7)9-6-10(13(16)17)15-14-9/h2-6H,1H3,(H,14,15)(H,16,17). The van der Waals surface area contributed by atoms with E-state index in [0.29, 0.717) is 0 Å². The Hall–Kier alpha value is -2.14. The van der Waals surface area contributed by atoms with Crippen LogP contribution in [0.1, 0.15) is 16.1 Å². The molecule has 0 aliphatic heterocycles. The van der Waals surface area contributed by atoms with Crippen molar-refractivity contribution in [3.8, 4) is 10.6 Å². The molecule has 0 unspecified atom stereocenters. The number of aromatic nitrogens is 2. The van der Waals surface area contributed by atoms with Crippen molar-refractivity contribution in [3.63, 3.8) is 0 Å². The number of aromatic amines is 1. The molecule has 3 aromatic rings. The topological polar surface area (TPSA) is 66.0 Å². The molecule has 0 fully saturated rings. The van der Waals surface area contributed by atoms with Gasteiger partial charge in [0.05, 0.1) is 10.6 Å². The molecule has 1 aromatic carbocycles. The van der Waals surface area contributed by atoms with Crippen molar-refractivity contribution in [2.75, 3.05) is 0 Å². The first-order chi connectivity index (χ1) is 8.63. The van der Waals surface area contributed by atoms with Crippen LogP contribution < -0.4 is 0 Å². The van der Waals surface area contributed by atoms with Crippen LogP contribution in [0.25, 0.3) is 20.7 Å². The van der Waals surface area contributed by atoms with Gasteiger partial charge in [0, 0.05) is 4.70 Å². The minimum Gasteiger partial charge on any atom is -0.476 e. The fourth-order valence-corrected chi connectivity index (χ4v) is 2.96. The van der Waals surface area contributed by atoms with E-state index in [-0.39, 0.29) is 5.69 Å². The molecule has 0 aliphatic carbocycles.